The number of piperidine rings is 1. The minimum atomic E-state index is 0.0654. The summed E-state index contributed by atoms with van der Waals surface area (Å²) in [4.78, 5) is 15.4. The molecular weight excluding hydrogens is 446 g/mol. The first kappa shape index (κ1) is 24.1. The zero-order valence-corrected chi connectivity index (χ0v) is 21.0. The van der Waals surface area contributed by atoms with Crippen LogP contribution in [-0.2, 0) is 24.4 Å². The molecule has 1 saturated heterocycles. The number of para-hydroxylation sites is 2. The molecule has 0 radical (unpaired) electrons. The zero-order chi connectivity index (χ0) is 24.7. The van der Waals surface area contributed by atoms with E-state index in [0.717, 1.165) is 50.3 Å². The molecule has 1 N–H and O–H groups in total. The van der Waals surface area contributed by atoms with Crippen LogP contribution >= 0.6 is 0 Å². The Labute approximate surface area is 213 Å². The van der Waals surface area contributed by atoms with Crippen LogP contribution in [0.25, 0.3) is 10.9 Å². The van der Waals surface area contributed by atoms with E-state index in [0.29, 0.717) is 13.2 Å². The summed E-state index contributed by atoms with van der Waals surface area (Å²) < 4.78 is 8.14. The molecule has 4 aromatic rings. The van der Waals surface area contributed by atoms with Crippen LogP contribution in [0.2, 0.25) is 0 Å². The maximum Gasteiger partial charge on any atom is 0.223 e. The summed E-state index contributed by atoms with van der Waals surface area (Å²) in [5.74, 6) is 1.07. The fraction of sp³-hybridized carbons (Fsp3) is 0.323. The Morgan fingerprint density at radius 2 is 1.64 bits per heavy atom. The van der Waals surface area contributed by atoms with E-state index in [4.69, 9.17) is 4.74 Å². The maximum absolute atomic E-state index is 12.9. The smallest absolute Gasteiger partial charge is 0.223 e. The van der Waals surface area contributed by atoms with Gasteiger partial charge in [0.1, 0.15) is 5.75 Å². The van der Waals surface area contributed by atoms with Crippen molar-refractivity contribution in [1.82, 2.24) is 14.8 Å². The molecule has 0 aliphatic carbocycles. The lowest BCUT2D eigenvalue weighted by Crippen LogP contribution is -2.40. The number of amides is 1. The largest absolute Gasteiger partial charge is 0.494 e. The van der Waals surface area contributed by atoms with Gasteiger partial charge < -0.3 is 14.6 Å². The Morgan fingerprint density at radius 1 is 0.917 bits per heavy atom. The van der Waals surface area contributed by atoms with Gasteiger partial charge >= 0.3 is 0 Å². The van der Waals surface area contributed by atoms with E-state index in [2.05, 4.69) is 75.4 Å². The zero-order valence-electron chi connectivity index (χ0n) is 21.0. The van der Waals surface area contributed by atoms with Crippen molar-refractivity contribution in [3.8, 4) is 5.75 Å². The number of ether oxygens (including phenoxy) is 1. The number of hydrogen-bond acceptors (Lipinski definition) is 3. The first-order chi connectivity index (χ1) is 17.7. The number of carbonyl (C=O) groups excluding carboxylic acids is 1. The Balaban J connectivity index is 1.20. The predicted octanol–water partition coefficient (Wildman–Crippen LogP) is 5.62. The molecule has 186 valence electrons. The van der Waals surface area contributed by atoms with E-state index in [1.807, 2.05) is 31.2 Å². The van der Waals surface area contributed by atoms with Crippen LogP contribution in [0.15, 0.2) is 84.9 Å². The van der Waals surface area contributed by atoms with Gasteiger partial charge in [0, 0.05) is 42.3 Å². The standard InChI is InChI=1S/C31H35N3O2/c1-2-36-30-15-9-7-13-27(30)21-32-31(35)25-16-18-33(19-17-25)23-28-20-26-12-6-8-14-29(26)34(28)22-24-10-4-3-5-11-24/h3-15,20,25H,2,16-19,21-23H2,1H3,(H,32,35). The minimum Gasteiger partial charge on any atom is -0.494 e. The molecule has 0 unspecified atom stereocenters. The van der Waals surface area contributed by atoms with Crippen molar-refractivity contribution in [2.75, 3.05) is 19.7 Å². The van der Waals surface area contributed by atoms with Crippen LogP contribution < -0.4 is 10.1 Å². The van der Waals surface area contributed by atoms with Crippen molar-refractivity contribution in [2.24, 2.45) is 5.92 Å². The summed E-state index contributed by atoms with van der Waals surface area (Å²) in [5.41, 5.74) is 4.94. The first-order valence-electron chi connectivity index (χ1n) is 13.0. The second-order valence-corrected chi connectivity index (χ2v) is 9.58. The van der Waals surface area contributed by atoms with Gasteiger partial charge in [-0.1, -0.05) is 66.7 Å². The van der Waals surface area contributed by atoms with Gasteiger partial charge in [-0.25, -0.2) is 0 Å². The summed E-state index contributed by atoms with van der Waals surface area (Å²) in [6, 6.07) is 29.5. The fourth-order valence-corrected chi connectivity index (χ4v) is 5.21. The quantitative estimate of drug-likeness (QED) is 0.338. The van der Waals surface area contributed by atoms with Crippen molar-refractivity contribution in [2.45, 2.75) is 39.4 Å². The van der Waals surface area contributed by atoms with Crippen LogP contribution in [-0.4, -0.2) is 35.1 Å². The fourth-order valence-electron chi connectivity index (χ4n) is 5.21. The van der Waals surface area contributed by atoms with Gasteiger partial charge in [-0.05, 0) is 62.0 Å². The van der Waals surface area contributed by atoms with Crippen LogP contribution in [0.5, 0.6) is 5.75 Å². The van der Waals surface area contributed by atoms with Crippen LogP contribution in [0.1, 0.15) is 36.6 Å². The molecule has 0 saturated carbocycles. The van der Waals surface area contributed by atoms with Gasteiger partial charge in [0.2, 0.25) is 5.91 Å². The number of aromatic nitrogens is 1. The van der Waals surface area contributed by atoms with Crippen molar-refractivity contribution in [3.05, 3.63) is 102 Å². The summed E-state index contributed by atoms with van der Waals surface area (Å²) in [7, 11) is 0. The third-order valence-corrected chi connectivity index (χ3v) is 7.15. The number of likely N-dealkylation sites (tertiary alicyclic amines) is 1. The average molecular weight is 482 g/mol. The molecule has 5 heteroatoms. The molecule has 1 aliphatic heterocycles. The molecular formula is C31H35N3O2. The normalized spacial score (nSPS) is 14.7. The van der Waals surface area contributed by atoms with Gasteiger partial charge in [-0.2, -0.15) is 0 Å². The lowest BCUT2D eigenvalue weighted by atomic mass is 9.95. The van der Waals surface area contributed by atoms with E-state index in [1.54, 1.807) is 0 Å². The molecule has 1 aliphatic rings. The molecule has 5 rings (SSSR count). The number of carbonyl (C=O) groups is 1. The number of nitrogens with zero attached hydrogens (tertiary/aromatic N) is 2. The highest BCUT2D eigenvalue weighted by atomic mass is 16.5. The topological polar surface area (TPSA) is 46.5 Å². The van der Waals surface area contributed by atoms with Crippen molar-refractivity contribution >= 4 is 16.8 Å². The molecule has 0 atom stereocenters. The average Bonchev–Trinajstić information content (AvgIpc) is 3.26. The Morgan fingerprint density at radius 3 is 2.44 bits per heavy atom. The molecule has 2 heterocycles. The number of hydrogen-bond donors (Lipinski definition) is 1. The molecule has 0 bridgehead atoms. The molecule has 1 aromatic heterocycles. The number of benzene rings is 3. The SMILES string of the molecule is CCOc1ccccc1CNC(=O)C1CCN(Cc2cc3ccccc3n2Cc2ccccc2)CC1. The van der Waals surface area contributed by atoms with Crippen LogP contribution in [0.3, 0.4) is 0 Å². The van der Waals surface area contributed by atoms with Crippen LogP contribution in [0.4, 0.5) is 0 Å². The van der Waals surface area contributed by atoms with E-state index >= 15 is 0 Å². The molecule has 5 nitrogen and oxygen atoms in total. The maximum atomic E-state index is 12.9. The van der Waals surface area contributed by atoms with Crippen molar-refractivity contribution < 1.29 is 9.53 Å². The van der Waals surface area contributed by atoms with E-state index in [-0.39, 0.29) is 11.8 Å². The molecule has 1 amide bonds. The van der Waals surface area contributed by atoms with Gasteiger partial charge in [0.15, 0.2) is 0 Å². The van der Waals surface area contributed by atoms with Gasteiger partial charge in [-0.15, -0.1) is 0 Å². The highest BCUT2D eigenvalue weighted by Gasteiger charge is 2.25. The van der Waals surface area contributed by atoms with Crippen LogP contribution in [0, 0.1) is 5.92 Å². The molecule has 1 fully saturated rings. The summed E-state index contributed by atoms with van der Waals surface area (Å²) in [5, 5.41) is 4.43. The van der Waals surface area contributed by atoms with E-state index in [9.17, 15) is 4.79 Å². The van der Waals surface area contributed by atoms with E-state index in [1.165, 1.54) is 22.2 Å². The molecule has 3 aromatic carbocycles. The minimum absolute atomic E-state index is 0.0654. The monoisotopic (exact) mass is 481 g/mol. The van der Waals surface area contributed by atoms with Gasteiger partial charge in [0.05, 0.1) is 6.61 Å². The van der Waals surface area contributed by atoms with Gasteiger partial charge in [0.25, 0.3) is 0 Å². The van der Waals surface area contributed by atoms with Crippen molar-refractivity contribution in [3.63, 3.8) is 0 Å². The third-order valence-electron chi connectivity index (χ3n) is 7.15. The first-order valence-corrected chi connectivity index (χ1v) is 13.0. The molecule has 36 heavy (non-hydrogen) atoms. The summed E-state index contributed by atoms with van der Waals surface area (Å²) in [6.07, 6.45) is 1.77. The highest BCUT2D eigenvalue weighted by Crippen LogP contribution is 2.25. The third kappa shape index (κ3) is 5.63. The predicted molar refractivity (Wildman–Crippen MR) is 145 cm³/mol. The Kier molecular flexibility index (Phi) is 7.67. The summed E-state index contributed by atoms with van der Waals surface area (Å²) in [6.45, 7) is 6.73. The number of nitrogens with one attached hydrogen (secondary N) is 1. The second kappa shape index (κ2) is 11.4. The highest BCUT2D eigenvalue weighted by molar-refractivity contribution is 5.81. The van der Waals surface area contributed by atoms with Crippen molar-refractivity contribution in [1.29, 1.82) is 0 Å². The number of rotatable bonds is 9. The lowest BCUT2D eigenvalue weighted by molar-refractivity contribution is -0.126. The lowest BCUT2D eigenvalue weighted by Gasteiger charge is -2.31. The Bertz CT molecular complexity index is 1290. The number of fused-ring (bicyclic) bond motifs is 1. The van der Waals surface area contributed by atoms with Gasteiger partial charge in [-0.3, -0.25) is 9.69 Å². The molecule has 0 spiro atoms. The van der Waals surface area contributed by atoms with E-state index < -0.39 is 0 Å². The second-order valence-electron chi connectivity index (χ2n) is 9.58. The Hall–Kier alpha value is -3.57. The summed E-state index contributed by atoms with van der Waals surface area (Å²) >= 11 is 0.